The van der Waals surface area contributed by atoms with Gasteiger partial charge in [-0.3, -0.25) is 0 Å². The summed E-state index contributed by atoms with van der Waals surface area (Å²) in [6, 6.07) is 5.53. The second kappa shape index (κ2) is 5.49. The van der Waals surface area contributed by atoms with Crippen molar-refractivity contribution in [1.82, 2.24) is 9.97 Å². The lowest BCUT2D eigenvalue weighted by Gasteiger charge is -2.09. The van der Waals surface area contributed by atoms with Crippen LogP contribution in [0, 0.1) is 0 Å². The van der Waals surface area contributed by atoms with Gasteiger partial charge in [0.05, 0.1) is 17.1 Å². The molecule has 0 unspecified atom stereocenters. The normalized spacial score (nSPS) is 11.8. The highest BCUT2D eigenvalue weighted by Crippen LogP contribution is 2.38. The summed E-state index contributed by atoms with van der Waals surface area (Å²) in [5, 5.41) is -0.0610. The zero-order valence-electron chi connectivity index (χ0n) is 11.2. The third-order valence-corrected chi connectivity index (χ3v) is 3.59. The summed E-state index contributed by atoms with van der Waals surface area (Å²) < 4.78 is 40.4. The molecule has 8 heteroatoms. The highest BCUT2D eigenvalue weighted by atomic mass is 35.5. The van der Waals surface area contributed by atoms with Crippen molar-refractivity contribution < 1.29 is 17.8 Å². The number of alkyl halides is 3. The number of hydrogen-bond donors (Lipinski definition) is 2. The average Bonchev–Trinajstić information content (AvgIpc) is 2.89. The summed E-state index contributed by atoms with van der Waals surface area (Å²) in [7, 11) is 0. The van der Waals surface area contributed by atoms with Crippen LogP contribution in [0.2, 0.25) is 5.02 Å². The lowest BCUT2D eigenvalue weighted by molar-refractivity contribution is -0.651. The van der Waals surface area contributed by atoms with Crippen molar-refractivity contribution in [2.24, 2.45) is 0 Å². The summed E-state index contributed by atoms with van der Waals surface area (Å²) in [5.41, 5.74) is 3.05. The number of rotatable bonds is 3. The van der Waals surface area contributed by atoms with Gasteiger partial charge in [-0.15, -0.1) is 0 Å². The van der Waals surface area contributed by atoms with E-state index in [0.717, 1.165) is 6.20 Å². The minimum Gasteiger partial charge on any atom is -0.346 e. The van der Waals surface area contributed by atoms with Gasteiger partial charge < -0.3 is 4.98 Å². The topological polar surface area (TPSA) is 44.6 Å². The molecule has 3 aromatic rings. The monoisotopic (exact) mass is 327 g/mol. The molecule has 3 rings (SSSR count). The van der Waals surface area contributed by atoms with Gasteiger partial charge in [0.2, 0.25) is 0 Å². The van der Waals surface area contributed by atoms with Crippen molar-refractivity contribution in [3.8, 4) is 0 Å². The molecule has 0 saturated heterocycles. The molecule has 0 saturated carbocycles. The lowest BCUT2D eigenvalue weighted by Crippen LogP contribution is -2.43. The first-order chi connectivity index (χ1) is 10.5. The fraction of sp³-hybridized carbons (Fsp3) is 0.143. The molecule has 0 aromatic carbocycles. The largest absolute Gasteiger partial charge is 0.419 e. The molecule has 0 aliphatic carbocycles. The fourth-order valence-electron chi connectivity index (χ4n) is 2.14. The predicted octanol–water partition coefficient (Wildman–Crippen LogP) is 3.27. The van der Waals surface area contributed by atoms with Crippen LogP contribution in [0.25, 0.3) is 11.0 Å². The summed E-state index contributed by atoms with van der Waals surface area (Å²) in [6.45, 7) is 0.303. The van der Waals surface area contributed by atoms with Crippen molar-refractivity contribution in [3.63, 3.8) is 0 Å². The van der Waals surface area contributed by atoms with Gasteiger partial charge in [0.15, 0.2) is 12.4 Å². The molecular formula is C14H11ClF3N4+. The Balaban J connectivity index is 1.97. The molecule has 4 nitrogen and oxygen atoms in total. The highest BCUT2D eigenvalue weighted by Gasteiger charge is 2.35. The molecule has 0 fully saturated rings. The molecule has 0 spiro atoms. The molecule has 0 amide bonds. The van der Waals surface area contributed by atoms with Crippen molar-refractivity contribution in [1.29, 1.82) is 0 Å². The van der Waals surface area contributed by atoms with E-state index in [2.05, 4.69) is 15.4 Å². The maximum absolute atomic E-state index is 12.9. The second-order valence-corrected chi connectivity index (χ2v) is 5.02. The van der Waals surface area contributed by atoms with Gasteiger partial charge in [0.1, 0.15) is 5.65 Å². The van der Waals surface area contributed by atoms with Gasteiger partial charge >= 0.3 is 6.18 Å². The second-order valence-electron chi connectivity index (χ2n) is 4.64. The van der Waals surface area contributed by atoms with Crippen molar-refractivity contribution >= 4 is 22.6 Å². The Labute approximate surface area is 128 Å². The predicted molar refractivity (Wildman–Crippen MR) is 75.8 cm³/mol. The molecular weight excluding hydrogens is 317 g/mol. The Morgan fingerprint density at radius 1 is 1.23 bits per heavy atom. The van der Waals surface area contributed by atoms with Crippen LogP contribution in [0.4, 0.5) is 13.2 Å². The molecule has 0 radical (unpaired) electrons. The number of H-pyrrole nitrogens is 1. The van der Waals surface area contributed by atoms with E-state index in [1.807, 2.05) is 18.2 Å². The van der Waals surface area contributed by atoms with E-state index >= 15 is 0 Å². The van der Waals surface area contributed by atoms with Gasteiger partial charge in [-0.05, 0) is 0 Å². The van der Waals surface area contributed by atoms with Gasteiger partial charge in [0.25, 0.3) is 0 Å². The van der Waals surface area contributed by atoms with Gasteiger partial charge in [0, 0.05) is 35.5 Å². The van der Waals surface area contributed by atoms with E-state index in [1.54, 1.807) is 23.3 Å². The van der Waals surface area contributed by atoms with E-state index in [0.29, 0.717) is 17.8 Å². The lowest BCUT2D eigenvalue weighted by atomic mass is 10.1. The Morgan fingerprint density at radius 3 is 2.64 bits per heavy atom. The third-order valence-electron chi connectivity index (χ3n) is 3.19. The Bertz CT molecular complexity index is 799. The average molecular weight is 328 g/mol. The molecule has 114 valence electrons. The van der Waals surface area contributed by atoms with E-state index < -0.39 is 11.7 Å². The highest BCUT2D eigenvalue weighted by molar-refractivity contribution is 6.36. The van der Waals surface area contributed by atoms with Crippen LogP contribution in [0.15, 0.2) is 43.0 Å². The van der Waals surface area contributed by atoms with Gasteiger partial charge in [-0.25, -0.2) is 4.98 Å². The molecule has 0 aliphatic rings. The Morgan fingerprint density at radius 2 is 1.95 bits per heavy atom. The zero-order valence-corrected chi connectivity index (χ0v) is 11.9. The number of hydrogen-bond acceptors (Lipinski definition) is 2. The number of aromatic amines is 1. The first-order valence-corrected chi connectivity index (χ1v) is 6.76. The summed E-state index contributed by atoms with van der Waals surface area (Å²) in [6.07, 6.45) is 1.38. The maximum atomic E-state index is 12.9. The molecule has 22 heavy (non-hydrogen) atoms. The van der Waals surface area contributed by atoms with Crippen LogP contribution in [0.3, 0.4) is 0 Å². The minimum absolute atomic E-state index is 0.278. The number of pyridine rings is 2. The van der Waals surface area contributed by atoms with Crippen molar-refractivity contribution in [3.05, 3.63) is 59.1 Å². The molecule has 0 aliphatic heterocycles. The first kappa shape index (κ1) is 14.6. The Kier molecular flexibility index (Phi) is 3.66. The van der Waals surface area contributed by atoms with Crippen LogP contribution in [0.5, 0.6) is 0 Å². The third kappa shape index (κ3) is 2.71. The SMILES string of the molecule is FC(F)(F)c1cnc2[nH]cc(CN[n+]3ccccc3)c2c1Cl. The number of nitrogens with one attached hydrogen (secondary N) is 2. The molecule has 3 heterocycles. The summed E-state index contributed by atoms with van der Waals surface area (Å²) >= 11 is 5.94. The molecule has 3 aromatic heterocycles. The maximum Gasteiger partial charge on any atom is 0.419 e. The van der Waals surface area contributed by atoms with Gasteiger partial charge in [-0.2, -0.15) is 18.6 Å². The molecule has 0 bridgehead atoms. The van der Waals surface area contributed by atoms with E-state index in [9.17, 15) is 13.2 Å². The fourth-order valence-corrected chi connectivity index (χ4v) is 2.50. The molecule has 2 N–H and O–H groups in total. The smallest absolute Gasteiger partial charge is 0.346 e. The van der Waals surface area contributed by atoms with E-state index in [1.165, 1.54) is 0 Å². The quantitative estimate of drug-likeness (QED) is 0.725. The summed E-state index contributed by atoms with van der Waals surface area (Å²) in [5.74, 6) is 0. The zero-order chi connectivity index (χ0) is 15.7. The number of nitrogens with zero attached hydrogens (tertiary/aromatic N) is 2. The first-order valence-electron chi connectivity index (χ1n) is 6.38. The van der Waals surface area contributed by atoms with Crippen LogP contribution < -0.4 is 10.1 Å². The van der Waals surface area contributed by atoms with E-state index in [4.69, 9.17) is 11.6 Å². The van der Waals surface area contributed by atoms with Crippen LogP contribution in [-0.4, -0.2) is 9.97 Å². The van der Waals surface area contributed by atoms with Crippen molar-refractivity contribution in [2.45, 2.75) is 12.7 Å². The number of fused-ring (bicyclic) bond motifs is 1. The van der Waals surface area contributed by atoms with Gasteiger partial charge in [-0.1, -0.05) is 22.3 Å². The number of aromatic nitrogens is 3. The Hall–Kier alpha value is -2.28. The van der Waals surface area contributed by atoms with Crippen LogP contribution in [-0.2, 0) is 12.7 Å². The van der Waals surface area contributed by atoms with Crippen LogP contribution >= 0.6 is 11.6 Å². The molecule has 0 atom stereocenters. The summed E-state index contributed by atoms with van der Waals surface area (Å²) in [4.78, 5) is 6.62. The van der Waals surface area contributed by atoms with E-state index in [-0.39, 0.29) is 10.4 Å². The minimum atomic E-state index is -4.53. The standard InChI is InChI=1S/C14H11ClF3N4/c15-12-10(14(16,17)18)8-20-13-11(12)9(6-19-13)7-21-22-4-2-1-3-5-22/h1-6,8,21H,7H2,(H,19,20)/q+1. The van der Waals surface area contributed by atoms with Crippen molar-refractivity contribution in [2.75, 3.05) is 5.43 Å². The van der Waals surface area contributed by atoms with Crippen LogP contribution in [0.1, 0.15) is 11.1 Å². The number of halogens is 4.